The summed E-state index contributed by atoms with van der Waals surface area (Å²) in [7, 11) is 0. The Labute approximate surface area is 104 Å². The SMILES string of the molecule is NC(=O)C1=CC=CN(C2OC(CO)C(O)C2O)C1. The smallest absolute Gasteiger partial charge is 0.246 e. The molecule has 2 aliphatic heterocycles. The number of aliphatic hydroxyl groups is 3. The monoisotopic (exact) mass is 256 g/mol. The van der Waals surface area contributed by atoms with E-state index < -0.39 is 30.4 Å². The molecule has 0 aromatic carbocycles. The molecular formula is C11H16N2O5. The van der Waals surface area contributed by atoms with Crippen molar-refractivity contribution in [2.75, 3.05) is 13.2 Å². The zero-order valence-corrected chi connectivity index (χ0v) is 9.64. The van der Waals surface area contributed by atoms with Crippen LogP contribution in [-0.4, -0.2) is 63.8 Å². The highest BCUT2D eigenvalue weighted by Gasteiger charge is 2.44. The van der Waals surface area contributed by atoms with Crippen molar-refractivity contribution in [3.05, 3.63) is 23.9 Å². The quantitative estimate of drug-likeness (QED) is 0.450. The van der Waals surface area contributed by atoms with Crippen molar-refractivity contribution in [2.45, 2.75) is 24.5 Å². The third kappa shape index (κ3) is 2.25. The number of rotatable bonds is 3. The molecule has 0 bridgehead atoms. The number of hydrogen-bond acceptors (Lipinski definition) is 6. The van der Waals surface area contributed by atoms with Gasteiger partial charge in [0.05, 0.1) is 13.2 Å². The number of primary amides is 1. The van der Waals surface area contributed by atoms with Crippen molar-refractivity contribution in [1.29, 1.82) is 0 Å². The van der Waals surface area contributed by atoms with Crippen LogP contribution in [0.4, 0.5) is 0 Å². The van der Waals surface area contributed by atoms with Crippen molar-refractivity contribution in [2.24, 2.45) is 5.73 Å². The Morgan fingerprint density at radius 1 is 1.50 bits per heavy atom. The fourth-order valence-electron chi connectivity index (χ4n) is 2.06. The summed E-state index contributed by atoms with van der Waals surface area (Å²) < 4.78 is 5.35. The Bertz CT molecular complexity index is 395. The van der Waals surface area contributed by atoms with Gasteiger partial charge in [0.2, 0.25) is 5.91 Å². The maximum absolute atomic E-state index is 11.1. The molecule has 4 unspecified atom stereocenters. The van der Waals surface area contributed by atoms with Gasteiger partial charge >= 0.3 is 0 Å². The van der Waals surface area contributed by atoms with E-state index in [-0.39, 0.29) is 13.2 Å². The highest BCUT2D eigenvalue weighted by Crippen LogP contribution is 2.25. The minimum absolute atomic E-state index is 0.193. The summed E-state index contributed by atoms with van der Waals surface area (Å²) in [5.74, 6) is -0.545. The molecule has 1 amide bonds. The van der Waals surface area contributed by atoms with Gasteiger partial charge in [-0.25, -0.2) is 0 Å². The molecule has 5 N–H and O–H groups in total. The lowest BCUT2D eigenvalue weighted by atomic mass is 10.1. The van der Waals surface area contributed by atoms with E-state index in [1.165, 1.54) is 0 Å². The molecule has 2 rings (SSSR count). The largest absolute Gasteiger partial charge is 0.394 e. The van der Waals surface area contributed by atoms with Gasteiger partial charge in [0.1, 0.15) is 18.3 Å². The van der Waals surface area contributed by atoms with E-state index in [2.05, 4.69) is 0 Å². The molecule has 0 aliphatic carbocycles. The third-order valence-electron chi connectivity index (χ3n) is 3.09. The van der Waals surface area contributed by atoms with Crippen LogP contribution < -0.4 is 5.73 Å². The Hall–Kier alpha value is -1.41. The molecule has 18 heavy (non-hydrogen) atoms. The van der Waals surface area contributed by atoms with E-state index in [9.17, 15) is 15.0 Å². The number of aliphatic hydroxyl groups excluding tert-OH is 3. The molecule has 4 atom stereocenters. The van der Waals surface area contributed by atoms with Crippen LogP contribution in [0.3, 0.4) is 0 Å². The molecule has 0 saturated carbocycles. The molecule has 7 heteroatoms. The predicted molar refractivity (Wildman–Crippen MR) is 60.9 cm³/mol. The van der Waals surface area contributed by atoms with E-state index in [1.807, 2.05) is 0 Å². The topological polar surface area (TPSA) is 116 Å². The van der Waals surface area contributed by atoms with E-state index in [4.69, 9.17) is 15.6 Å². The van der Waals surface area contributed by atoms with Crippen LogP contribution >= 0.6 is 0 Å². The van der Waals surface area contributed by atoms with Crippen molar-refractivity contribution >= 4 is 5.91 Å². The first-order chi connectivity index (χ1) is 8.54. The first-order valence-electron chi connectivity index (χ1n) is 5.60. The first kappa shape index (κ1) is 13.0. The third-order valence-corrected chi connectivity index (χ3v) is 3.09. The molecule has 7 nitrogen and oxygen atoms in total. The number of carbonyl (C=O) groups is 1. The lowest BCUT2D eigenvalue weighted by molar-refractivity contribution is -0.115. The zero-order valence-electron chi connectivity index (χ0n) is 9.64. The molecule has 0 aromatic rings. The number of allylic oxidation sites excluding steroid dienone is 2. The maximum atomic E-state index is 11.1. The van der Waals surface area contributed by atoms with E-state index in [0.717, 1.165) is 0 Å². The average molecular weight is 256 g/mol. The van der Waals surface area contributed by atoms with Crippen molar-refractivity contribution in [1.82, 2.24) is 4.90 Å². The minimum Gasteiger partial charge on any atom is -0.394 e. The van der Waals surface area contributed by atoms with Gasteiger partial charge in [-0.3, -0.25) is 4.79 Å². The minimum atomic E-state index is -1.16. The van der Waals surface area contributed by atoms with Gasteiger partial charge in [-0.2, -0.15) is 0 Å². The Morgan fingerprint density at radius 3 is 2.78 bits per heavy atom. The number of nitrogens with zero attached hydrogens (tertiary/aromatic N) is 1. The lowest BCUT2D eigenvalue weighted by Gasteiger charge is -2.31. The summed E-state index contributed by atoms with van der Waals surface area (Å²) in [5, 5.41) is 28.5. The molecule has 2 heterocycles. The second-order valence-corrected chi connectivity index (χ2v) is 4.30. The standard InChI is InChI=1S/C11H16N2O5/c12-10(17)6-2-1-3-13(4-6)11-9(16)8(15)7(5-14)18-11/h1-3,7-9,11,14-16H,4-5H2,(H2,12,17). The first-order valence-corrected chi connectivity index (χ1v) is 5.60. The van der Waals surface area contributed by atoms with Crippen LogP contribution in [0.25, 0.3) is 0 Å². The fraction of sp³-hybridized carbons (Fsp3) is 0.545. The maximum Gasteiger partial charge on any atom is 0.246 e. The van der Waals surface area contributed by atoms with Crippen LogP contribution in [-0.2, 0) is 9.53 Å². The molecule has 1 fully saturated rings. The summed E-state index contributed by atoms with van der Waals surface area (Å²) in [5.41, 5.74) is 5.57. The van der Waals surface area contributed by atoms with Gasteiger partial charge in [0.15, 0.2) is 6.23 Å². The van der Waals surface area contributed by atoms with Gasteiger partial charge < -0.3 is 30.7 Å². The predicted octanol–water partition coefficient (Wildman–Crippen LogP) is -2.33. The molecule has 0 aromatic heterocycles. The number of hydrogen-bond donors (Lipinski definition) is 4. The Balaban J connectivity index is 2.08. The molecular weight excluding hydrogens is 240 g/mol. The second-order valence-electron chi connectivity index (χ2n) is 4.30. The van der Waals surface area contributed by atoms with Crippen molar-refractivity contribution in [3.63, 3.8) is 0 Å². The van der Waals surface area contributed by atoms with E-state index >= 15 is 0 Å². The normalized spacial score (nSPS) is 35.7. The van der Waals surface area contributed by atoms with Gasteiger partial charge in [0, 0.05) is 11.8 Å². The van der Waals surface area contributed by atoms with Gasteiger partial charge in [0.25, 0.3) is 0 Å². The number of amides is 1. The van der Waals surface area contributed by atoms with Crippen LogP contribution in [0, 0.1) is 0 Å². The Morgan fingerprint density at radius 2 is 2.22 bits per heavy atom. The fourth-order valence-corrected chi connectivity index (χ4v) is 2.06. The van der Waals surface area contributed by atoms with Gasteiger partial charge in [-0.1, -0.05) is 6.08 Å². The summed E-state index contributed by atoms with van der Waals surface area (Å²) in [6, 6.07) is 0. The molecule has 0 spiro atoms. The summed E-state index contributed by atoms with van der Waals surface area (Å²) in [4.78, 5) is 12.6. The van der Waals surface area contributed by atoms with Crippen LogP contribution in [0.15, 0.2) is 23.9 Å². The summed E-state index contributed by atoms with van der Waals surface area (Å²) in [6.07, 6.45) is 0.874. The number of nitrogens with two attached hydrogens (primary N) is 1. The van der Waals surface area contributed by atoms with E-state index in [1.54, 1.807) is 23.3 Å². The molecule has 2 aliphatic rings. The van der Waals surface area contributed by atoms with E-state index in [0.29, 0.717) is 5.57 Å². The van der Waals surface area contributed by atoms with Crippen LogP contribution in [0.5, 0.6) is 0 Å². The molecule has 100 valence electrons. The number of ether oxygens (including phenoxy) is 1. The van der Waals surface area contributed by atoms with Crippen molar-refractivity contribution < 1.29 is 24.9 Å². The van der Waals surface area contributed by atoms with Crippen molar-refractivity contribution in [3.8, 4) is 0 Å². The van der Waals surface area contributed by atoms with Gasteiger partial charge in [-0.15, -0.1) is 0 Å². The highest BCUT2D eigenvalue weighted by molar-refractivity contribution is 5.92. The number of carbonyl (C=O) groups excluding carboxylic acids is 1. The average Bonchev–Trinajstić information content (AvgIpc) is 2.66. The summed E-state index contributed by atoms with van der Waals surface area (Å²) >= 11 is 0. The zero-order chi connectivity index (χ0) is 13.3. The molecule has 0 radical (unpaired) electrons. The van der Waals surface area contributed by atoms with Gasteiger partial charge in [-0.05, 0) is 6.08 Å². The van der Waals surface area contributed by atoms with Crippen LogP contribution in [0.1, 0.15) is 0 Å². The summed E-state index contributed by atoms with van der Waals surface area (Å²) in [6.45, 7) is -0.191. The molecule has 1 saturated heterocycles. The second kappa shape index (κ2) is 5.07. The lowest BCUT2D eigenvalue weighted by Crippen LogP contribution is -2.43. The Kier molecular flexibility index (Phi) is 3.67. The highest BCUT2D eigenvalue weighted by atomic mass is 16.6. The van der Waals surface area contributed by atoms with Crippen LogP contribution in [0.2, 0.25) is 0 Å².